The van der Waals surface area contributed by atoms with E-state index in [0.29, 0.717) is 23.8 Å². The van der Waals surface area contributed by atoms with Crippen molar-refractivity contribution >= 4 is 21.6 Å². The molecule has 0 aliphatic heterocycles. The lowest BCUT2D eigenvalue weighted by molar-refractivity contribution is 0.102. The smallest absolute Gasteiger partial charge is 0.255 e. The van der Waals surface area contributed by atoms with Crippen molar-refractivity contribution in [3.05, 3.63) is 78.4 Å². The molecule has 0 aliphatic rings. The maximum absolute atomic E-state index is 13.0. The van der Waals surface area contributed by atoms with E-state index in [1.165, 1.54) is 18.2 Å². The Labute approximate surface area is 188 Å². The molecule has 0 atom stereocenters. The summed E-state index contributed by atoms with van der Waals surface area (Å²) in [6, 6.07) is 20.2. The number of carbonyl (C=O) groups is 1. The minimum absolute atomic E-state index is 0.0884. The quantitative estimate of drug-likeness (QED) is 0.484. The van der Waals surface area contributed by atoms with Crippen LogP contribution >= 0.6 is 0 Å². The molecule has 0 saturated heterocycles. The molecular weight excluding hydrogens is 428 g/mol. The second-order valence-corrected chi connectivity index (χ2v) is 8.92. The molecule has 3 aromatic rings. The van der Waals surface area contributed by atoms with Crippen LogP contribution in [0, 0.1) is 0 Å². The van der Waals surface area contributed by atoms with Gasteiger partial charge in [-0.05, 0) is 63.2 Å². The number of sulfonamides is 1. The van der Waals surface area contributed by atoms with Crippen LogP contribution in [0.25, 0.3) is 0 Å². The molecule has 0 bridgehead atoms. The zero-order valence-corrected chi connectivity index (χ0v) is 19.0. The van der Waals surface area contributed by atoms with Gasteiger partial charge in [-0.2, -0.15) is 0 Å². The molecule has 0 fully saturated rings. The van der Waals surface area contributed by atoms with Crippen molar-refractivity contribution in [3.8, 4) is 17.2 Å². The van der Waals surface area contributed by atoms with Gasteiger partial charge in [0.1, 0.15) is 16.4 Å². The lowest BCUT2D eigenvalue weighted by Crippen LogP contribution is -2.30. The summed E-state index contributed by atoms with van der Waals surface area (Å²) in [5, 5.41) is 2.80. The first-order valence-electron chi connectivity index (χ1n) is 10.2. The van der Waals surface area contributed by atoms with E-state index < -0.39 is 15.9 Å². The van der Waals surface area contributed by atoms with Gasteiger partial charge >= 0.3 is 0 Å². The van der Waals surface area contributed by atoms with Crippen molar-refractivity contribution in [2.75, 3.05) is 11.9 Å². The summed E-state index contributed by atoms with van der Waals surface area (Å²) in [5.41, 5.74) is 0.632. The van der Waals surface area contributed by atoms with Crippen LogP contribution in [0.2, 0.25) is 0 Å². The van der Waals surface area contributed by atoms with Crippen molar-refractivity contribution in [2.24, 2.45) is 0 Å². The highest BCUT2D eigenvalue weighted by molar-refractivity contribution is 7.89. The van der Waals surface area contributed by atoms with Crippen molar-refractivity contribution in [1.82, 2.24) is 4.72 Å². The first-order chi connectivity index (χ1) is 15.3. The molecule has 7 nitrogen and oxygen atoms in total. The number of carbonyl (C=O) groups excluding carboxylic acids is 1. The second-order valence-electron chi connectivity index (χ2n) is 7.24. The summed E-state index contributed by atoms with van der Waals surface area (Å²) < 4.78 is 39.4. The summed E-state index contributed by atoms with van der Waals surface area (Å²) in [5.74, 6) is 0.805. The van der Waals surface area contributed by atoms with Crippen molar-refractivity contribution < 1.29 is 22.7 Å². The number of nitrogens with one attached hydrogen (secondary N) is 2. The van der Waals surface area contributed by atoms with Crippen LogP contribution in [0.5, 0.6) is 17.2 Å². The van der Waals surface area contributed by atoms with Crippen LogP contribution in [0.15, 0.2) is 77.7 Å². The van der Waals surface area contributed by atoms with Crippen molar-refractivity contribution in [1.29, 1.82) is 0 Å². The van der Waals surface area contributed by atoms with Crippen LogP contribution < -0.4 is 19.5 Å². The lowest BCUT2D eigenvalue weighted by Gasteiger charge is -2.16. The van der Waals surface area contributed by atoms with Crippen LogP contribution in [0.1, 0.15) is 31.1 Å². The fourth-order valence-corrected chi connectivity index (χ4v) is 4.40. The Kier molecular flexibility index (Phi) is 7.50. The third-order valence-corrected chi connectivity index (χ3v) is 5.97. The van der Waals surface area contributed by atoms with Crippen LogP contribution in [-0.2, 0) is 10.0 Å². The first-order valence-corrected chi connectivity index (χ1v) is 11.7. The Bertz CT molecular complexity index is 1180. The highest BCUT2D eigenvalue weighted by Gasteiger charge is 2.23. The summed E-state index contributed by atoms with van der Waals surface area (Å²) in [7, 11) is -3.87. The van der Waals surface area contributed by atoms with Gasteiger partial charge in [0, 0.05) is 11.6 Å². The van der Waals surface area contributed by atoms with E-state index in [2.05, 4.69) is 10.0 Å². The number of amides is 1. The largest absolute Gasteiger partial charge is 0.492 e. The maximum Gasteiger partial charge on any atom is 0.255 e. The first kappa shape index (κ1) is 23.3. The van der Waals surface area contributed by atoms with Crippen LogP contribution in [-0.4, -0.2) is 27.0 Å². The van der Waals surface area contributed by atoms with E-state index in [9.17, 15) is 13.2 Å². The highest BCUT2D eigenvalue weighted by Crippen LogP contribution is 2.30. The summed E-state index contributed by atoms with van der Waals surface area (Å²) in [6.45, 7) is 5.49. The van der Waals surface area contributed by atoms with Gasteiger partial charge in [0.2, 0.25) is 10.0 Å². The molecule has 0 saturated carbocycles. The number of anilines is 1. The van der Waals surface area contributed by atoms with Gasteiger partial charge < -0.3 is 14.8 Å². The van der Waals surface area contributed by atoms with E-state index in [1.54, 1.807) is 45.0 Å². The summed E-state index contributed by atoms with van der Waals surface area (Å²) in [4.78, 5) is 12.9. The molecule has 0 unspecified atom stereocenters. The molecule has 8 heteroatoms. The van der Waals surface area contributed by atoms with Crippen LogP contribution in [0.4, 0.5) is 5.69 Å². The zero-order valence-electron chi connectivity index (χ0n) is 18.2. The van der Waals surface area contributed by atoms with Gasteiger partial charge in [0.25, 0.3) is 5.91 Å². The Morgan fingerprint density at radius 3 is 2.31 bits per heavy atom. The monoisotopic (exact) mass is 454 g/mol. The molecule has 168 valence electrons. The van der Waals surface area contributed by atoms with E-state index in [-0.39, 0.29) is 22.3 Å². The SMILES string of the molecule is CCOc1ccc(C(=O)Nc2ccccc2Oc2ccccc2)cc1S(=O)(=O)NC(C)C. The number of rotatable bonds is 9. The van der Waals surface area contributed by atoms with E-state index in [0.717, 1.165) is 0 Å². The average molecular weight is 455 g/mol. The Balaban J connectivity index is 1.90. The molecule has 0 aliphatic carbocycles. The fraction of sp³-hybridized carbons (Fsp3) is 0.208. The molecule has 32 heavy (non-hydrogen) atoms. The third kappa shape index (κ3) is 5.87. The number of para-hydroxylation sites is 3. The van der Waals surface area contributed by atoms with Gasteiger partial charge in [-0.15, -0.1) is 0 Å². The van der Waals surface area contributed by atoms with E-state index in [4.69, 9.17) is 9.47 Å². The molecule has 0 spiro atoms. The highest BCUT2D eigenvalue weighted by atomic mass is 32.2. The molecule has 0 radical (unpaired) electrons. The van der Waals surface area contributed by atoms with Gasteiger partial charge in [-0.25, -0.2) is 13.1 Å². The normalized spacial score (nSPS) is 11.2. The molecule has 0 heterocycles. The van der Waals surface area contributed by atoms with Crippen molar-refractivity contribution in [2.45, 2.75) is 31.7 Å². The fourth-order valence-electron chi connectivity index (χ4n) is 2.98. The Hall–Kier alpha value is -3.36. The maximum atomic E-state index is 13.0. The molecule has 2 N–H and O–H groups in total. The zero-order chi connectivity index (χ0) is 23.1. The van der Waals surface area contributed by atoms with E-state index in [1.807, 2.05) is 30.3 Å². The Morgan fingerprint density at radius 1 is 0.938 bits per heavy atom. The molecular formula is C24H26N2O5S. The van der Waals surface area contributed by atoms with Gasteiger partial charge in [-0.1, -0.05) is 30.3 Å². The van der Waals surface area contributed by atoms with E-state index >= 15 is 0 Å². The predicted octanol–water partition coefficient (Wildman–Crippen LogP) is 4.82. The molecule has 1 amide bonds. The standard InChI is InChI=1S/C24H26N2O5S/c1-4-30-22-15-14-18(16-23(22)32(28,29)26-17(2)3)24(27)25-20-12-8-9-13-21(20)31-19-10-6-5-7-11-19/h5-17,26H,4H2,1-3H3,(H,25,27). The topological polar surface area (TPSA) is 93.7 Å². The Morgan fingerprint density at radius 2 is 1.62 bits per heavy atom. The second kappa shape index (κ2) is 10.3. The minimum atomic E-state index is -3.87. The molecule has 3 aromatic carbocycles. The minimum Gasteiger partial charge on any atom is -0.492 e. The molecule has 0 aromatic heterocycles. The summed E-state index contributed by atoms with van der Waals surface area (Å²) >= 11 is 0. The number of benzene rings is 3. The predicted molar refractivity (Wildman–Crippen MR) is 124 cm³/mol. The lowest BCUT2D eigenvalue weighted by atomic mass is 10.2. The average Bonchev–Trinajstić information content (AvgIpc) is 2.75. The van der Waals surface area contributed by atoms with Crippen molar-refractivity contribution in [3.63, 3.8) is 0 Å². The van der Waals surface area contributed by atoms with Crippen LogP contribution in [0.3, 0.4) is 0 Å². The molecule has 3 rings (SSSR count). The number of ether oxygens (including phenoxy) is 2. The number of hydrogen-bond donors (Lipinski definition) is 2. The van der Waals surface area contributed by atoms with Gasteiger partial charge in [0.05, 0.1) is 12.3 Å². The van der Waals surface area contributed by atoms with Gasteiger partial charge in [0.15, 0.2) is 5.75 Å². The summed E-state index contributed by atoms with van der Waals surface area (Å²) in [6.07, 6.45) is 0. The number of hydrogen-bond acceptors (Lipinski definition) is 5. The third-order valence-electron chi connectivity index (χ3n) is 4.29. The van der Waals surface area contributed by atoms with Gasteiger partial charge in [-0.3, -0.25) is 4.79 Å².